The Morgan fingerprint density at radius 3 is 2.88 bits per heavy atom. The summed E-state index contributed by atoms with van der Waals surface area (Å²) >= 11 is 7.55. The summed E-state index contributed by atoms with van der Waals surface area (Å²) in [7, 11) is 1.61. The van der Waals surface area contributed by atoms with Gasteiger partial charge in [-0.15, -0.1) is 11.8 Å². The molecule has 132 valence electrons. The zero-order valence-corrected chi connectivity index (χ0v) is 15.1. The molecule has 3 rings (SSSR count). The Balaban J connectivity index is 1.75. The summed E-state index contributed by atoms with van der Waals surface area (Å²) in [5.41, 5.74) is 1.89. The van der Waals surface area contributed by atoms with Gasteiger partial charge in [0.25, 0.3) is 0 Å². The number of aliphatic carboxylic acids is 1. The van der Waals surface area contributed by atoms with E-state index in [1.54, 1.807) is 31.0 Å². The molecule has 2 aromatic rings. The first-order chi connectivity index (χ1) is 12.1. The summed E-state index contributed by atoms with van der Waals surface area (Å²) in [5.74, 6) is 1.12. The van der Waals surface area contributed by atoms with Crippen LogP contribution in [0.2, 0.25) is 5.02 Å². The van der Waals surface area contributed by atoms with Gasteiger partial charge < -0.3 is 14.6 Å². The third-order valence-electron chi connectivity index (χ3n) is 3.88. The van der Waals surface area contributed by atoms with Crippen LogP contribution in [0.4, 0.5) is 0 Å². The fourth-order valence-electron chi connectivity index (χ4n) is 2.60. The Morgan fingerprint density at radius 2 is 2.20 bits per heavy atom. The number of hydrogen-bond acceptors (Lipinski definition) is 5. The van der Waals surface area contributed by atoms with Crippen molar-refractivity contribution < 1.29 is 19.4 Å². The van der Waals surface area contributed by atoms with E-state index >= 15 is 0 Å². The first kappa shape index (κ1) is 17.9. The van der Waals surface area contributed by atoms with E-state index in [2.05, 4.69) is 5.32 Å². The molecule has 5 nitrogen and oxygen atoms in total. The molecule has 1 fully saturated rings. The number of benzene rings is 2. The number of carboxylic acids is 1. The number of carbonyl (C=O) groups is 1. The highest BCUT2D eigenvalue weighted by Gasteiger charge is 2.30. The van der Waals surface area contributed by atoms with Crippen LogP contribution in [0.25, 0.3) is 0 Å². The molecule has 1 saturated heterocycles. The molecule has 1 heterocycles. The second-order valence-corrected chi connectivity index (χ2v) is 7.16. The molecule has 0 unspecified atom stereocenters. The fourth-order valence-corrected chi connectivity index (χ4v) is 4.00. The lowest BCUT2D eigenvalue weighted by Gasteiger charge is -2.16. The van der Waals surface area contributed by atoms with Crippen LogP contribution in [-0.2, 0) is 11.4 Å². The number of methoxy groups -OCH3 is 1. The zero-order chi connectivity index (χ0) is 17.8. The molecule has 0 spiro atoms. The van der Waals surface area contributed by atoms with Crippen molar-refractivity contribution in [3.8, 4) is 11.5 Å². The van der Waals surface area contributed by atoms with Gasteiger partial charge in [0.05, 0.1) is 12.5 Å². The van der Waals surface area contributed by atoms with Crippen molar-refractivity contribution >= 4 is 29.3 Å². The molecule has 2 aromatic carbocycles. The summed E-state index contributed by atoms with van der Waals surface area (Å²) in [6.07, 6.45) is 0. The summed E-state index contributed by atoms with van der Waals surface area (Å²) in [5, 5.41) is 12.8. The van der Waals surface area contributed by atoms with Crippen molar-refractivity contribution in [1.29, 1.82) is 0 Å². The average molecular weight is 380 g/mol. The van der Waals surface area contributed by atoms with E-state index in [-0.39, 0.29) is 5.37 Å². The molecule has 7 heteroatoms. The lowest BCUT2D eigenvalue weighted by molar-refractivity contribution is -0.138. The van der Waals surface area contributed by atoms with Gasteiger partial charge in [0.15, 0.2) is 0 Å². The van der Waals surface area contributed by atoms with E-state index < -0.39 is 12.0 Å². The first-order valence-corrected chi connectivity index (χ1v) is 9.15. The van der Waals surface area contributed by atoms with Crippen molar-refractivity contribution in [2.75, 3.05) is 12.9 Å². The van der Waals surface area contributed by atoms with Crippen LogP contribution >= 0.6 is 23.4 Å². The van der Waals surface area contributed by atoms with Crippen LogP contribution in [0.5, 0.6) is 11.5 Å². The molecule has 2 atom stereocenters. The van der Waals surface area contributed by atoms with E-state index in [0.717, 1.165) is 16.9 Å². The van der Waals surface area contributed by atoms with Crippen molar-refractivity contribution in [2.45, 2.75) is 18.0 Å². The standard InChI is InChI=1S/C18H18ClNO4S/c1-23-16-6-5-11(17-20-15(10-25-17)18(21)22)7-12(16)9-24-14-4-2-3-13(19)8-14/h2-8,15,17,20H,9-10H2,1H3,(H,21,22)/t15-,17+/m0/s1. The second-order valence-electron chi connectivity index (χ2n) is 5.59. The van der Waals surface area contributed by atoms with Crippen LogP contribution in [-0.4, -0.2) is 30.0 Å². The molecule has 0 aliphatic carbocycles. The Kier molecular flexibility index (Phi) is 5.73. The van der Waals surface area contributed by atoms with Gasteiger partial charge in [-0.05, 0) is 35.9 Å². The van der Waals surface area contributed by atoms with Gasteiger partial charge in [-0.2, -0.15) is 0 Å². The maximum atomic E-state index is 11.1. The Morgan fingerprint density at radius 1 is 1.36 bits per heavy atom. The Hall–Kier alpha value is -1.89. The molecule has 25 heavy (non-hydrogen) atoms. The fraction of sp³-hybridized carbons (Fsp3) is 0.278. The number of ether oxygens (including phenoxy) is 2. The van der Waals surface area contributed by atoms with E-state index in [4.69, 9.17) is 26.2 Å². The van der Waals surface area contributed by atoms with Crippen LogP contribution in [0.15, 0.2) is 42.5 Å². The predicted molar refractivity (Wildman–Crippen MR) is 98.5 cm³/mol. The van der Waals surface area contributed by atoms with Crippen molar-refractivity contribution in [3.63, 3.8) is 0 Å². The van der Waals surface area contributed by atoms with Gasteiger partial charge in [0, 0.05) is 16.3 Å². The third kappa shape index (κ3) is 4.39. The molecule has 0 radical (unpaired) electrons. The summed E-state index contributed by atoms with van der Waals surface area (Å²) in [4.78, 5) is 11.1. The highest BCUT2D eigenvalue weighted by Crippen LogP contribution is 2.35. The van der Waals surface area contributed by atoms with Crippen molar-refractivity contribution in [1.82, 2.24) is 5.32 Å². The Labute approximate surface area is 155 Å². The molecule has 1 aliphatic rings. The highest BCUT2D eigenvalue weighted by atomic mass is 35.5. The minimum absolute atomic E-state index is 0.0584. The number of hydrogen-bond donors (Lipinski definition) is 2. The molecule has 2 N–H and O–H groups in total. The normalized spacial score (nSPS) is 19.6. The summed E-state index contributed by atoms with van der Waals surface area (Å²) < 4.78 is 11.2. The second kappa shape index (κ2) is 7.99. The number of carboxylic acid groups (broad SMARTS) is 1. The van der Waals surface area contributed by atoms with Crippen molar-refractivity contribution in [3.05, 3.63) is 58.6 Å². The highest BCUT2D eigenvalue weighted by molar-refractivity contribution is 7.99. The van der Waals surface area contributed by atoms with Crippen LogP contribution in [0.3, 0.4) is 0 Å². The third-order valence-corrected chi connectivity index (χ3v) is 5.38. The summed E-state index contributed by atoms with van der Waals surface area (Å²) in [6.45, 7) is 0.330. The van der Waals surface area contributed by atoms with E-state index in [1.165, 1.54) is 0 Å². The minimum Gasteiger partial charge on any atom is -0.496 e. The zero-order valence-electron chi connectivity index (χ0n) is 13.6. The lowest BCUT2D eigenvalue weighted by Crippen LogP contribution is -2.33. The maximum Gasteiger partial charge on any atom is 0.321 e. The van der Waals surface area contributed by atoms with Gasteiger partial charge in [-0.3, -0.25) is 10.1 Å². The van der Waals surface area contributed by atoms with Crippen LogP contribution in [0, 0.1) is 0 Å². The smallest absolute Gasteiger partial charge is 0.321 e. The number of rotatable bonds is 6. The first-order valence-electron chi connectivity index (χ1n) is 7.72. The maximum absolute atomic E-state index is 11.1. The summed E-state index contributed by atoms with van der Waals surface area (Å²) in [6, 6.07) is 12.5. The SMILES string of the molecule is COc1ccc([C@@H]2N[C@H](C(=O)O)CS2)cc1COc1cccc(Cl)c1. The van der Waals surface area contributed by atoms with Crippen LogP contribution in [0.1, 0.15) is 16.5 Å². The molecule has 1 aliphatic heterocycles. The molecule has 0 amide bonds. The van der Waals surface area contributed by atoms with Gasteiger partial charge in [-0.25, -0.2) is 0 Å². The number of halogens is 1. The van der Waals surface area contributed by atoms with Crippen molar-refractivity contribution in [2.24, 2.45) is 0 Å². The quantitative estimate of drug-likeness (QED) is 0.797. The lowest BCUT2D eigenvalue weighted by atomic mass is 10.1. The molecule has 0 saturated carbocycles. The van der Waals surface area contributed by atoms with Gasteiger partial charge in [0.1, 0.15) is 24.1 Å². The van der Waals surface area contributed by atoms with E-state index in [0.29, 0.717) is 23.1 Å². The predicted octanol–water partition coefficient (Wildman–Crippen LogP) is 3.72. The molecular weight excluding hydrogens is 362 g/mol. The molecular formula is C18H18ClNO4S. The minimum atomic E-state index is -0.826. The molecule has 0 bridgehead atoms. The number of thioether (sulfide) groups is 1. The number of nitrogens with one attached hydrogen (secondary N) is 1. The Bertz CT molecular complexity index is 770. The average Bonchev–Trinajstić information content (AvgIpc) is 3.10. The monoisotopic (exact) mass is 379 g/mol. The van der Waals surface area contributed by atoms with E-state index in [9.17, 15) is 4.79 Å². The van der Waals surface area contributed by atoms with Gasteiger partial charge in [0.2, 0.25) is 0 Å². The topological polar surface area (TPSA) is 67.8 Å². The molecule has 0 aromatic heterocycles. The van der Waals surface area contributed by atoms with Gasteiger partial charge in [-0.1, -0.05) is 23.7 Å². The van der Waals surface area contributed by atoms with E-state index in [1.807, 2.05) is 30.3 Å². The van der Waals surface area contributed by atoms with Crippen LogP contribution < -0.4 is 14.8 Å². The largest absolute Gasteiger partial charge is 0.496 e. The van der Waals surface area contributed by atoms with Gasteiger partial charge >= 0.3 is 5.97 Å².